The van der Waals surface area contributed by atoms with Gasteiger partial charge in [-0.05, 0) is 61.7 Å². The van der Waals surface area contributed by atoms with Crippen LogP contribution in [-0.2, 0) is 14.4 Å². The molecule has 1 aromatic carbocycles. The number of anilines is 1. The Morgan fingerprint density at radius 3 is 2.42 bits per heavy atom. The van der Waals surface area contributed by atoms with E-state index in [2.05, 4.69) is 10.3 Å². The molecule has 2 atom stereocenters. The first kappa shape index (κ1) is 21.3. The molecule has 1 aliphatic carbocycles. The minimum Gasteiger partial charge on any atom is -0.310 e. The Hall–Kier alpha value is -3.55. The SMILES string of the molecule is Cc1ccn2c(NC(=O)CCN3C(=O)[C@H]4CCCC[C@@H]4C3=O)c(-c3ccc(F)cc3)nc2c1. The molecule has 5 rings (SSSR count). The number of hydrogen-bond acceptors (Lipinski definition) is 4. The van der Waals surface area contributed by atoms with E-state index in [1.54, 1.807) is 16.5 Å². The fraction of sp³-hybridized carbons (Fsp3) is 0.360. The molecule has 1 aliphatic heterocycles. The van der Waals surface area contributed by atoms with E-state index in [-0.39, 0.29) is 48.3 Å². The Morgan fingerprint density at radius 2 is 1.76 bits per heavy atom. The molecule has 8 heteroatoms. The number of amides is 3. The van der Waals surface area contributed by atoms with Crippen molar-refractivity contribution >= 4 is 29.2 Å². The van der Waals surface area contributed by atoms with Gasteiger partial charge >= 0.3 is 0 Å². The van der Waals surface area contributed by atoms with Gasteiger partial charge in [0.25, 0.3) is 0 Å². The second-order valence-corrected chi connectivity index (χ2v) is 8.87. The lowest BCUT2D eigenvalue weighted by Gasteiger charge is -2.19. The van der Waals surface area contributed by atoms with Crippen LogP contribution < -0.4 is 5.32 Å². The molecule has 1 saturated heterocycles. The highest BCUT2D eigenvalue weighted by Gasteiger charge is 2.47. The Balaban J connectivity index is 1.37. The predicted molar refractivity (Wildman–Crippen MR) is 121 cm³/mol. The highest BCUT2D eigenvalue weighted by molar-refractivity contribution is 6.05. The number of likely N-dealkylation sites (tertiary alicyclic amines) is 1. The summed E-state index contributed by atoms with van der Waals surface area (Å²) in [5.74, 6) is -0.942. The van der Waals surface area contributed by atoms with Crippen molar-refractivity contribution in [3.05, 3.63) is 54.0 Å². The summed E-state index contributed by atoms with van der Waals surface area (Å²) < 4.78 is 15.2. The minimum absolute atomic E-state index is 0.00112. The Labute approximate surface area is 190 Å². The molecule has 2 aromatic heterocycles. The third kappa shape index (κ3) is 3.90. The molecule has 3 amide bonds. The Morgan fingerprint density at radius 1 is 1.09 bits per heavy atom. The maximum Gasteiger partial charge on any atom is 0.233 e. The molecule has 0 radical (unpaired) electrons. The lowest BCUT2D eigenvalue weighted by Crippen LogP contribution is -2.34. The van der Waals surface area contributed by atoms with Crippen LogP contribution in [-0.4, -0.2) is 38.6 Å². The van der Waals surface area contributed by atoms with E-state index in [0.29, 0.717) is 22.7 Å². The molecule has 0 bridgehead atoms. The fourth-order valence-electron chi connectivity index (χ4n) is 4.93. The topological polar surface area (TPSA) is 83.8 Å². The van der Waals surface area contributed by atoms with Gasteiger partial charge in [-0.3, -0.25) is 23.7 Å². The van der Waals surface area contributed by atoms with Crippen molar-refractivity contribution in [3.63, 3.8) is 0 Å². The van der Waals surface area contributed by atoms with Crippen LogP contribution in [0, 0.1) is 24.6 Å². The van der Waals surface area contributed by atoms with Gasteiger partial charge in [0.1, 0.15) is 23.0 Å². The zero-order chi connectivity index (χ0) is 23.1. The highest BCUT2D eigenvalue weighted by Crippen LogP contribution is 2.38. The summed E-state index contributed by atoms with van der Waals surface area (Å²) in [6.07, 6.45) is 5.25. The van der Waals surface area contributed by atoms with Gasteiger partial charge in [-0.1, -0.05) is 12.8 Å². The summed E-state index contributed by atoms with van der Waals surface area (Å²) in [7, 11) is 0. The number of nitrogens with one attached hydrogen (secondary N) is 1. The summed E-state index contributed by atoms with van der Waals surface area (Å²) in [6.45, 7) is 2.02. The molecule has 3 aromatic rings. The molecule has 3 heterocycles. The summed E-state index contributed by atoms with van der Waals surface area (Å²) in [4.78, 5) is 44.2. The van der Waals surface area contributed by atoms with Gasteiger partial charge in [0.15, 0.2) is 0 Å². The van der Waals surface area contributed by atoms with Crippen LogP contribution >= 0.6 is 0 Å². The number of pyridine rings is 1. The van der Waals surface area contributed by atoms with E-state index in [9.17, 15) is 18.8 Å². The Kier molecular flexibility index (Phi) is 5.44. The quantitative estimate of drug-likeness (QED) is 0.599. The van der Waals surface area contributed by atoms with Gasteiger partial charge in [0.2, 0.25) is 17.7 Å². The number of hydrogen-bond donors (Lipinski definition) is 1. The minimum atomic E-state index is -0.357. The highest BCUT2D eigenvalue weighted by atomic mass is 19.1. The number of benzene rings is 1. The molecular formula is C25H25FN4O3. The van der Waals surface area contributed by atoms with Crippen molar-refractivity contribution in [2.75, 3.05) is 11.9 Å². The summed E-state index contributed by atoms with van der Waals surface area (Å²) in [5.41, 5.74) is 2.86. The van der Waals surface area contributed by atoms with Gasteiger partial charge in [0, 0.05) is 24.7 Å². The van der Waals surface area contributed by atoms with Gasteiger partial charge in [0.05, 0.1) is 11.8 Å². The second kappa shape index (κ2) is 8.42. The van der Waals surface area contributed by atoms with Crippen molar-refractivity contribution < 1.29 is 18.8 Å². The van der Waals surface area contributed by atoms with E-state index >= 15 is 0 Å². The molecule has 0 spiro atoms. The van der Waals surface area contributed by atoms with Crippen molar-refractivity contribution in [1.82, 2.24) is 14.3 Å². The third-order valence-electron chi connectivity index (χ3n) is 6.65. The molecule has 7 nitrogen and oxygen atoms in total. The number of aromatic nitrogens is 2. The molecule has 170 valence electrons. The number of halogens is 1. The van der Waals surface area contributed by atoms with E-state index < -0.39 is 0 Å². The number of fused-ring (bicyclic) bond motifs is 2. The molecule has 2 aliphatic rings. The lowest BCUT2D eigenvalue weighted by molar-refractivity contribution is -0.140. The molecular weight excluding hydrogens is 423 g/mol. The lowest BCUT2D eigenvalue weighted by atomic mass is 9.81. The number of nitrogens with zero attached hydrogens (tertiary/aromatic N) is 3. The van der Waals surface area contributed by atoms with Crippen molar-refractivity contribution in [2.45, 2.75) is 39.0 Å². The van der Waals surface area contributed by atoms with E-state index in [1.165, 1.54) is 17.0 Å². The monoisotopic (exact) mass is 448 g/mol. The number of rotatable bonds is 5. The standard InChI is InChI=1S/C25H25FN4O3/c1-15-10-12-29-20(14-15)27-22(16-6-8-17(26)9-7-16)23(29)28-21(31)11-13-30-24(32)18-4-2-3-5-19(18)25(30)33/h6-10,12,14,18-19H,2-5,11,13H2,1H3,(H,28,31)/t18-,19-/m0/s1. The first-order valence-electron chi connectivity index (χ1n) is 11.3. The predicted octanol–water partition coefficient (Wildman–Crippen LogP) is 3.95. The van der Waals surface area contributed by atoms with E-state index in [0.717, 1.165) is 31.2 Å². The van der Waals surface area contributed by atoms with E-state index in [4.69, 9.17) is 0 Å². The van der Waals surface area contributed by atoms with Gasteiger partial charge in [-0.25, -0.2) is 9.37 Å². The van der Waals surface area contributed by atoms with Crippen LogP contribution in [0.25, 0.3) is 16.9 Å². The first-order chi connectivity index (χ1) is 15.9. The number of imidazole rings is 1. The van der Waals surface area contributed by atoms with Crippen LogP contribution in [0.3, 0.4) is 0 Å². The van der Waals surface area contributed by atoms with Crippen LogP contribution in [0.4, 0.5) is 10.2 Å². The average Bonchev–Trinajstić information content (AvgIpc) is 3.27. The molecule has 33 heavy (non-hydrogen) atoms. The van der Waals surface area contributed by atoms with Crippen LogP contribution in [0.1, 0.15) is 37.7 Å². The Bertz CT molecular complexity index is 1230. The maximum absolute atomic E-state index is 13.4. The van der Waals surface area contributed by atoms with Crippen molar-refractivity contribution in [1.29, 1.82) is 0 Å². The van der Waals surface area contributed by atoms with E-state index in [1.807, 2.05) is 25.3 Å². The van der Waals surface area contributed by atoms with Crippen LogP contribution in [0.2, 0.25) is 0 Å². The third-order valence-corrected chi connectivity index (χ3v) is 6.65. The number of carbonyl (C=O) groups excluding carboxylic acids is 3. The smallest absolute Gasteiger partial charge is 0.233 e. The summed E-state index contributed by atoms with van der Waals surface area (Å²) in [5, 5.41) is 2.90. The van der Waals surface area contributed by atoms with Gasteiger partial charge < -0.3 is 5.32 Å². The molecule has 1 N–H and O–H groups in total. The van der Waals surface area contributed by atoms with Gasteiger partial charge in [-0.15, -0.1) is 0 Å². The second-order valence-electron chi connectivity index (χ2n) is 8.87. The van der Waals surface area contributed by atoms with Crippen molar-refractivity contribution in [2.24, 2.45) is 11.8 Å². The average molecular weight is 448 g/mol. The molecule has 0 unspecified atom stereocenters. The number of aryl methyl sites for hydroxylation is 1. The zero-order valence-corrected chi connectivity index (χ0v) is 18.4. The molecule has 2 fully saturated rings. The number of imide groups is 1. The van der Waals surface area contributed by atoms with Crippen LogP contribution in [0.5, 0.6) is 0 Å². The van der Waals surface area contributed by atoms with Crippen LogP contribution in [0.15, 0.2) is 42.6 Å². The molecule has 1 saturated carbocycles. The zero-order valence-electron chi connectivity index (χ0n) is 18.4. The van der Waals surface area contributed by atoms with Gasteiger partial charge in [-0.2, -0.15) is 0 Å². The normalized spacial score (nSPS) is 20.4. The maximum atomic E-state index is 13.4. The van der Waals surface area contributed by atoms with Crippen molar-refractivity contribution in [3.8, 4) is 11.3 Å². The summed E-state index contributed by atoms with van der Waals surface area (Å²) in [6, 6.07) is 9.72. The largest absolute Gasteiger partial charge is 0.310 e. The summed E-state index contributed by atoms with van der Waals surface area (Å²) >= 11 is 0. The fourth-order valence-corrected chi connectivity index (χ4v) is 4.93. The first-order valence-corrected chi connectivity index (χ1v) is 11.3. The number of carbonyl (C=O) groups is 3.